The molecule has 0 radical (unpaired) electrons. The smallest absolute Gasteiger partial charge is 0.235 e. The minimum absolute atomic E-state index is 0.0629. The van der Waals surface area contributed by atoms with Crippen LogP contribution in [0.2, 0.25) is 0 Å². The van der Waals surface area contributed by atoms with Crippen LogP contribution in [0.15, 0.2) is 43.0 Å². The molecule has 0 fully saturated rings. The van der Waals surface area contributed by atoms with Gasteiger partial charge in [-0.3, -0.25) is 9.36 Å². The molecular weight excluding hydrogens is 410 g/mol. The van der Waals surface area contributed by atoms with Gasteiger partial charge in [0.2, 0.25) is 18.6 Å². The highest BCUT2D eigenvalue weighted by atomic mass is 16.7. The number of amides is 1. The van der Waals surface area contributed by atoms with Gasteiger partial charge in [-0.2, -0.15) is 0 Å². The van der Waals surface area contributed by atoms with Crippen molar-refractivity contribution in [3.8, 4) is 17.4 Å². The lowest BCUT2D eigenvalue weighted by Crippen LogP contribution is -2.34. The number of nitrogens with zero attached hydrogens (tertiary/aromatic N) is 5. The average Bonchev–Trinajstić information content (AvgIpc) is 3.49. The van der Waals surface area contributed by atoms with Crippen LogP contribution in [0.3, 0.4) is 0 Å². The lowest BCUT2D eigenvalue weighted by atomic mass is 10.1. The molecule has 168 valence electrons. The molecular formula is C22H27N7O3. The van der Waals surface area contributed by atoms with E-state index in [1.807, 2.05) is 38.2 Å². The number of aryl methyl sites for hydroxylation is 1. The minimum Gasteiger partial charge on any atom is -0.454 e. The second kappa shape index (κ2) is 9.65. The number of carbonyl (C=O) groups is 1. The van der Waals surface area contributed by atoms with Crippen molar-refractivity contribution in [2.45, 2.75) is 19.4 Å². The Balaban J connectivity index is 1.46. The molecule has 1 aliphatic heterocycles. The van der Waals surface area contributed by atoms with Crippen LogP contribution in [0.1, 0.15) is 23.9 Å². The fourth-order valence-corrected chi connectivity index (χ4v) is 3.48. The number of anilines is 1. The SMILES string of the molecule is CNC(=O)CC(NCCN(C)c1ccc2c(c1)OCO2)c1cc(C)nc(-n2ccnc2)n1. The number of likely N-dealkylation sites (N-methyl/N-ethyl adjacent to an activating group) is 1. The van der Waals surface area contributed by atoms with E-state index < -0.39 is 0 Å². The molecule has 0 saturated heterocycles. The van der Waals surface area contributed by atoms with Crippen LogP contribution in [0, 0.1) is 6.92 Å². The number of benzene rings is 1. The van der Waals surface area contributed by atoms with Gasteiger partial charge in [0.15, 0.2) is 11.5 Å². The number of imidazole rings is 1. The molecule has 10 heteroatoms. The number of carbonyl (C=O) groups excluding carboxylic acids is 1. The molecule has 3 heterocycles. The Bertz CT molecular complexity index is 1070. The molecule has 1 amide bonds. The normalized spacial score (nSPS) is 13.1. The van der Waals surface area contributed by atoms with Gasteiger partial charge in [0, 0.05) is 63.4 Å². The van der Waals surface area contributed by atoms with Crippen molar-refractivity contribution in [1.29, 1.82) is 0 Å². The first-order chi connectivity index (χ1) is 15.5. The van der Waals surface area contributed by atoms with Crippen LogP contribution >= 0.6 is 0 Å². The zero-order chi connectivity index (χ0) is 22.5. The summed E-state index contributed by atoms with van der Waals surface area (Å²) in [6.07, 6.45) is 5.39. The van der Waals surface area contributed by atoms with Crippen LogP contribution in [-0.4, -0.2) is 59.4 Å². The summed E-state index contributed by atoms with van der Waals surface area (Å²) in [4.78, 5) is 27.5. The molecule has 2 N–H and O–H groups in total. The molecule has 1 atom stereocenters. The molecule has 0 bridgehead atoms. The van der Waals surface area contributed by atoms with Gasteiger partial charge in [-0.25, -0.2) is 15.0 Å². The topological polar surface area (TPSA) is 106 Å². The predicted octanol–water partition coefficient (Wildman–Crippen LogP) is 1.60. The maximum absolute atomic E-state index is 12.2. The zero-order valence-corrected chi connectivity index (χ0v) is 18.4. The standard InChI is InChI=1S/C22H27N7O3/c1-15-10-18(27-22(26-15)29-9-6-24-13-29)17(12-21(30)23-2)25-7-8-28(3)16-4-5-19-20(11-16)32-14-31-19/h4-6,9-11,13,17,25H,7-8,12,14H2,1-3H3,(H,23,30). The van der Waals surface area contributed by atoms with Crippen molar-refractivity contribution in [3.63, 3.8) is 0 Å². The average molecular weight is 438 g/mol. The van der Waals surface area contributed by atoms with Crippen LogP contribution in [0.5, 0.6) is 11.5 Å². The third-order valence-corrected chi connectivity index (χ3v) is 5.26. The van der Waals surface area contributed by atoms with E-state index in [9.17, 15) is 4.79 Å². The maximum Gasteiger partial charge on any atom is 0.235 e. The van der Waals surface area contributed by atoms with Crippen LogP contribution < -0.4 is 25.0 Å². The minimum atomic E-state index is -0.260. The molecule has 10 nitrogen and oxygen atoms in total. The van der Waals surface area contributed by atoms with E-state index in [0.29, 0.717) is 12.5 Å². The fraction of sp³-hybridized carbons (Fsp3) is 0.364. The summed E-state index contributed by atoms with van der Waals surface area (Å²) in [6.45, 7) is 3.54. The van der Waals surface area contributed by atoms with E-state index in [1.54, 1.807) is 30.3 Å². The molecule has 0 saturated carbocycles. The number of fused-ring (bicyclic) bond motifs is 1. The Morgan fingerprint density at radius 2 is 2.09 bits per heavy atom. The van der Waals surface area contributed by atoms with E-state index >= 15 is 0 Å². The molecule has 0 spiro atoms. The summed E-state index contributed by atoms with van der Waals surface area (Å²) in [5, 5.41) is 6.18. The molecule has 4 rings (SSSR count). The second-order valence-corrected chi connectivity index (χ2v) is 7.55. The Morgan fingerprint density at radius 1 is 1.25 bits per heavy atom. The van der Waals surface area contributed by atoms with Gasteiger partial charge < -0.3 is 25.0 Å². The number of hydrogen-bond acceptors (Lipinski definition) is 8. The Morgan fingerprint density at radius 3 is 2.88 bits per heavy atom. The Hall–Kier alpha value is -3.66. The lowest BCUT2D eigenvalue weighted by Gasteiger charge is -2.23. The first kappa shape index (κ1) is 21.6. The Labute approximate surface area is 186 Å². The van der Waals surface area contributed by atoms with Crippen molar-refractivity contribution in [2.24, 2.45) is 0 Å². The summed E-state index contributed by atoms with van der Waals surface area (Å²) >= 11 is 0. The van der Waals surface area contributed by atoms with Crippen molar-refractivity contribution in [3.05, 3.63) is 54.4 Å². The highest BCUT2D eigenvalue weighted by Crippen LogP contribution is 2.35. The van der Waals surface area contributed by atoms with Gasteiger partial charge in [0.05, 0.1) is 11.7 Å². The largest absolute Gasteiger partial charge is 0.454 e. The van der Waals surface area contributed by atoms with Gasteiger partial charge >= 0.3 is 0 Å². The van der Waals surface area contributed by atoms with Gasteiger partial charge in [-0.1, -0.05) is 0 Å². The third-order valence-electron chi connectivity index (χ3n) is 5.26. The number of rotatable bonds is 9. The molecule has 1 unspecified atom stereocenters. The van der Waals surface area contributed by atoms with E-state index in [-0.39, 0.29) is 25.2 Å². The van der Waals surface area contributed by atoms with Crippen molar-refractivity contribution in [2.75, 3.05) is 38.9 Å². The van der Waals surface area contributed by atoms with Crippen molar-refractivity contribution in [1.82, 2.24) is 30.2 Å². The Kier molecular flexibility index (Phi) is 6.50. The number of hydrogen-bond donors (Lipinski definition) is 2. The van der Waals surface area contributed by atoms with Crippen LogP contribution in [-0.2, 0) is 4.79 Å². The van der Waals surface area contributed by atoms with Crippen LogP contribution in [0.4, 0.5) is 5.69 Å². The molecule has 1 aromatic carbocycles. The molecule has 3 aromatic rings. The summed E-state index contributed by atoms with van der Waals surface area (Å²) in [7, 11) is 3.65. The number of nitrogens with one attached hydrogen (secondary N) is 2. The first-order valence-electron chi connectivity index (χ1n) is 10.4. The van der Waals surface area contributed by atoms with Gasteiger partial charge in [0.25, 0.3) is 0 Å². The summed E-state index contributed by atoms with van der Waals surface area (Å²) < 4.78 is 12.6. The maximum atomic E-state index is 12.2. The summed E-state index contributed by atoms with van der Waals surface area (Å²) in [5.41, 5.74) is 2.61. The zero-order valence-electron chi connectivity index (χ0n) is 18.4. The van der Waals surface area contributed by atoms with E-state index in [2.05, 4.69) is 30.5 Å². The molecule has 2 aromatic heterocycles. The first-order valence-corrected chi connectivity index (χ1v) is 10.4. The highest BCUT2D eigenvalue weighted by molar-refractivity contribution is 5.76. The van der Waals surface area contributed by atoms with Gasteiger partial charge in [-0.05, 0) is 25.1 Å². The van der Waals surface area contributed by atoms with E-state index in [4.69, 9.17) is 9.47 Å². The number of ether oxygens (including phenoxy) is 2. The van der Waals surface area contributed by atoms with Gasteiger partial charge in [0.1, 0.15) is 6.33 Å². The number of aromatic nitrogens is 4. The van der Waals surface area contributed by atoms with E-state index in [0.717, 1.165) is 35.1 Å². The highest BCUT2D eigenvalue weighted by Gasteiger charge is 2.19. The monoisotopic (exact) mass is 437 g/mol. The summed E-state index contributed by atoms with van der Waals surface area (Å²) in [5.74, 6) is 1.98. The second-order valence-electron chi connectivity index (χ2n) is 7.55. The molecule has 0 aliphatic carbocycles. The molecule has 1 aliphatic rings. The quantitative estimate of drug-likeness (QED) is 0.520. The van der Waals surface area contributed by atoms with Gasteiger partial charge in [-0.15, -0.1) is 0 Å². The van der Waals surface area contributed by atoms with Crippen molar-refractivity contribution < 1.29 is 14.3 Å². The van der Waals surface area contributed by atoms with E-state index in [1.165, 1.54) is 0 Å². The summed E-state index contributed by atoms with van der Waals surface area (Å²) in [6, 6.07) is 7.53. The van der Waals surface area contributed by atoms with Crippen LogP contribution in [0.25, 0.3) is 5.95 Å². The fourth-order valence-electron chi connectivity index (χ4n) is 3.48. The third kappa shape index (κ3) is 4.97. The van der Waals surface area contributed by atoms with Crippen molar-refractivity contribution >= 4 is 11.6 Å². The predicted molar refractivity (Wildman–Crippen MR) is 119 cm³/mol. The lowest BCUT2D eigenvalue weighted by molar-refractivity contribution is -0.121. The molecule has 32 heavy (non-hydrogen) atoms.